The first-order valence-electron chi connectivity index (χ1n) is 6.70. The first kappa shape index (κ1) is 14.0. The first-order valence-corrected chi connectivity index (χ1v) is 6.70. The standard InChI is InChI=1S/C14H20N2O3/c1-19-14-8-3-2-7-13(14)15-10-11-5-4-6-12(9-11)16(17)18/h4-6,9,13-15H,2-3,7-8,10H2,1H3. The highest BCUT2D eigenvalue weighted by Gasteiger charge is 2.24. The molecule has 1 aromatic carbocycles. The number of nitro benzene ring substituents is 1. The van der Waals surface area contributed by atoms with Crippen LogP contribution in [0.25, 0.3) is 0 Å². The monoisotopic (exact) mass is 264 g/mol. The van der Waals surface area contributed by atoms with E-state index in [0.717, 1.165) is 18.4 Å². The maximum absolute atomic E-state index is 10.7. The van der Waals surface area contributed by atoms with Crippen LogP contribution in [-0.4, -0.2) is 24.2 Å². The van der Waals surface area contributed by atoms with Crippen molar-refractivity contribution in [1.82, 2.24) is 5.32 Å². The molecular formula is C14H20N2O3. The summed E-state index contributed by atoms with van der Waals surface area (Å²) < 4.78 is 5.48. The summed E-state index contributed by atoms with van der Waals surface area (Å²) in [5, 5.41) is 14.2. The van der Waals surface area contributed by atoms with Gasteiger partial charge in [-0.3, -0.25) is 10.1 Å². The highest BCUT2D eigenvalue weighted by Crippen LogP contribution is 2.21. The summed E-state index contributed by atoms with van der Waals surface area (Å²) in [7, 11) is 1.75. The highest BCUT2D eigenvalue weighted by atomic mass is 16.6. The van der Waals surface area contributed by atoms with Crippen molar-refractivity contribution >= 4 is 5.69 Å². The van der Waals surface area contributed by atoms with E-state index < -0.39 is 0 Å². The molecule has 2 unspecified atom stereocenters. The van der Waals surface area contributed by atoms with Gasteiger partial charge in [0.2, 0.25) is 0 Å². The molecule has 1 N–H and O–H groups in total. The lowest BCUT2D eigenvalue weighted by atomic mass is 9.92. The SMILES string of the molecule is COC1CCCCC1NCc1cccc([N+](=O)[O-])c1. The molecule has 0 radical (unpaired) electrons. The maximum atomic E-state index is 10.7. The molecule has 1 aliphatic rings. The quantitative estimate of drug-likeness (QED) is 0.656. The smallest absolute Gasteiger partial charge is 0.269 e. The van der Waals surface area contributed by atoms with Gasteiger partial charge in [0.1, 0.15) is 0 Å². The van der Waals surface area contributed by atoms with Gasteiger partial charge in [-0.15, -0.1) is 0 Å². The number of ether oxygens (including phenoxy) is 1. The van der Waals surface area contributed by atoms with Gasteiger partial charge in [0.05, 0.1) is 11.0 Å². The predicted molar refractivity (Wildman–Crippen MR) is 73.0 cm³/mol. The van der Waals surface area contributed by atoms with E-state index in [2.05, 4.69) is 5.32 Å². The zero-order chi connectivity index (χ0) is 13.7. The number of nitro groups is 1. The second-order valence-corrected chi connectivity index (χ2v) is 4.97. The zero-order valence-electron chi connectivity index (χ0n) is 11.2. The summed E-state index contributed by atoms with van der Waals surface area (Å²) in [5.41, 5.74) is 1.08. The number of nitrogens with zero attached hydrogens (tertiary/aromatic N) is 1. The summed E-state index contributed by atoms with van der Waals surface area (Å²) in [6, 6.07) is 7.12. The molecule has 5 heteroatoms. The average Bonchev–Trinajstić information content (AvgIpc) is 2.45. The lowest BCUT2D eigenvalue weighted by Crippen LogP contribution is -2.42. The van der Waals surface area contributed by atoms with Gasteiger partial charge in [-0.05, 0) is 18.4 Å². The van der Waals surface area contributed by atoms with E-state index in [1.54, 1.807) is 19.2 Å². The number of non-ortho nitro benzene ring substituents is 1. The molecule has 104 valence electrons. The molecule has 2 atom stereocenters. The van der Waals surface area contributed by atoms with Gasteiger partial charge in [0.25, 0.3) is 5.69 Å². The summed E-state index contributed by atoms with van der Waals surface area (Å²) in [6.45, 7) is 0.645. The Morgan fingerprint density at radius 3 is 2.95 bits per heavy atom. The van der Waals surface area contributed by atoms with Crippen LogP contribution < -0.4 is 5.32 Å². The van der Waals surface area contributed by atoms with Crippen LogP contribution in [0.1, 0.15) is 31.2 Å². The van der Waals surface area contributed by atoms with Crippen molar-refractivity contribution < 1.29 is 9.66 Å². The van der Waals surface area contributed by atoms with Crippen molar-refractivity contribution in [2.45, 2.75) is 44.4 Å². The van der Waals surface area contributed by atoms with Crippen molar-refractivity contribution in [2.24, 2.45) is 0 Å². The maximum Gasteiger partial charge on any atom is 0.269 e. The predicted octanol–water partition coefficient (Wildman–Crippen LogP) is 2.64. The number of hydrogen-bond acceptors (Lipinski definition) is 4. The molecule has 1 saturated carbocycles. The molecule has 0 spiro atoms. The molecular weight excluding hydrogens is 244 g/mol. The van der Waals surface area contributed by atoms with E-state index in [9.17, 15) is 10.1 Å². The Morgan fingerprint density at radius 1 is 1.42 bits per heavy atom. The molecule has 0 amide bonds. The number of rotatable bonds is 5. The Labute approximate surface area is 113 Å². The van der Waals surface area contributed by atoms with Crippen LogP contribution in [0.3, 0.4) is 0 Å². The molecule has 0 heterocycles. The molecule has 2 rings (SSSR count). The van der Waals surface area contributed by atoms with Crippen LogP contribution in [-0.2, 0) is 11.3 Å². The minimum atomic E-state index is -0.359. The third-order valence-electron chi connectivity index (χ3n) is 3.70. The third kappa shape index (κ3) is 3.75. The number of nitrogens with one attached hydrogen (secondary N) is 1. The Morgan fingerprint density at radius 2 is 2.21 bits per heavy atom. The van der Waals surface area contributed by atoms with Crippen molar-refractivity contribution in [2.75, 3.05) is 7.11 Å². The molecule has 1 fully saturated rings. The van der Waals surface area contributed by atoms with Crippen molar-refractivity contribution in [3.8, 4) is 0 Å². The van der Waals surface area contributed by atoms with E-state index in [4.69, 9.17) is 4.74 Å². The van der Waals surface area contributed by atoms with Gasteiger partial charge < -0.3 is 10.1 Å². The fourth-order valence-corrected chi connectivity index (χ4v) is 2.64. The minimum Gasteiger partial charge on any atom is -0.380 e. The minimum absolute atomic E-state index is 0.145. The lowest BCUT2D eigenvalue weighted by molar-refractivity contribution is -0.384. The van der Waals surface area contributed by atoms with Crippen LogP contribution in [0.2, 0.25) is 0 Å². The van der Waals surface area contributed by atoms with E-state index in [0.29, 0.717) is 12.6 Å². The van der Waals surface area contributed by atoms with Gasteiger partial charge in [-0.2, -0.15) is 0 Å². The zero-order valence-corrected chi connectivity index (χ0v) is 11.2. The molecule has 0 aromatic heterocycles. The van der Waals surface area contributed by atoms with Gasteiger partial charge in [0, 0.05) is 31.8 Å². The second-order valence-electron chi connectivity index (χ2n) is 4.97. The number of hydrogen-bond donors (Lipinski definition) is 1. The molecule has 5 nitrogen and oxygen atoms in total. The lowest BCUT2D eigenvalue weighted by Gasteiger charge is -2.31. The fourth-order valence-electron chi connectivity index (χ4n) is 2.64. The molecule has 19 heavy (non-hydrogen) atoms. The molecule has 1 aromatic rings. The number of methoxy groups -OCH3 is 1. The summed E-state index contributed by atoms with van der Waals surface area (Å²) >= 11 is 0. The van der Waals surface area contributed by atoms with Gasteiger partial charge >= 0.3 is 0 Å². The van der Waals surface area contributed by atoms with Crippen molar-refractivity contribution in [1.29, 1.82) is 0 Å². The third-order valence-corrected chi connectivity index (χ3v) is 3.70. The molecule has 1 aliphatic carbocycles. The fraction of sp³-hybridized carbons (Fsp3) is 0.571. The Bertz CT molecular complexity index is 436. The van der Waals surface area contributed by atoms with E-state index in [1.807, 2.05) is 6.07 Å². The van der Waals surface area contributed by atoms with Crippen LogP contribution in [0, 0.1) is 10.1 Å². The van der Waals surface area contributed by atoms with E-state index >= 15 is 0 Å². The first-order chi connectivity index (χ1) is 9.20. The number of benzene rings is 1. The van der Waals surface area contributed by atoms with Gasteiger partial charge in [-0.1, -0.05) is 25.0 Å². The van der Waals surface area contributed by atoms with Crippen LogP contribution in [0.5, 0.6) is 0 Å². The Balaban J connectivity index is 1.94. The Hall–Kier alpha value is -1.46. The Kier molecular flexibility index (Phi) is 4.87. The molecule has 0 saturated heterocycles. The van der Waals surface area contributed by atoms with E-state index in [1.165, 1.54) is 18.9 Å². The second kappa shape index (κ2) is 6.63. The van der Waals surface area contributed by atoms with Crippen molar-refractivity contribution in [3.05, 3.63) is 39.9 Å². The van der Waals surface area contributed by atoms with Crippen LogP contribution in [0.4, 0.5) is 5.69 Å². The summed E-state index contributed by atoms with van der Waals surface area (Å²) in [6.07, 6.45) is 4.88. The largest absolute Gasteiger partial charge is 0.380 e. The summed E-state index contributed by atoms with van der Waals surface area (Å²) in [4.78, 5) is 10.4. The van der Waals surface area contributed by atoms with Crippen molar-refractivity contribution in [3.63, 3.8) is 0 Å². The highest BCUT2D eigenvalue weighted by molar-refractivity contribution is 5.34. The van der Waals surface area contributed by atoms with Gasteiger partial charge in [0.15, 0.2) is 0 Å². The average molecular weight is 264 g/mol. The topological polar surface area (TPSA) is 64.4 Å². The molecule has 0 aliphatic heterocycles. The van der Waals surface area contributed by atoms with Crippen LogP contribution >= 0.6 is 0 Å². The summed E-state index contributed by atoms with van der Waals surface area (Å²) in [5.74, 6) is 0. The molecule has 0 bridgehead atoms. The normalized spacial score (nSPS) is 23.2. The van der Waals surface area contributed by atoms with E-state index in [-0.39, 0.29) is 16.7 Å². The van der Waals surface area contributed by atoms with Crippen LogP contribution in [0.15, 0.2) is 24.3 Å². The van der Waals surface area contributed by atoms with Gasteiger partial charge in [-0.25, -0.2) is 0 Å².